The number of azo groups is 1. The maximum atomic E-state index is 13.1. The van der Waals surface area contributed by atoms with Gasteiger partial charge in [-0.2, -0.15) is 28.7 Å². The van der Waals surface area contributed by atoms with Crippen LogP contribution in [0.2, 0.25) is 0 Å². The molecule has 0 radical (unpaired) electrons. The lowest BCUT2D eigenvalue weighted by atomic mass is 9.91. The summed E-state index contributed by atoms with van der Waals surface area (Å²) in [6.45, 7) is 1.52. The van der Waals surface area contributed by atoms with Crippen molar-refractivity contribution in [3.05, 3.63) is 65.0 Å². The predicted octanol–water partition coefficient (Wildman–Crippen LogP) is 5.01. The molecule has 1 N–H and O–H groups in total. The Morgan fingerprint density at radius 2 is 1.93 bits per heavy atom. The number of carbonyl (C=O) groups is 1. The second-order valence-corrected chi connectivity index (χ2v) is 6.58. The van der Waals surface area contributed by atoms with Gasteiger partial charge in [-0.3, -0.25) is 4.79 Å². The molecule has 1 amide bonds. The van der Waals surface area contributed by atoms with Gasteiger partial charge in [0, 0.05) is 12.1 Å². The van der Waals surface area contributed by atoms with Crippen molar-refractivity contribution in [3.63, 3.8) is 0 Å². The van der Waals surface area contributed by atoms with Crippen molar-refractivity contribution in [1.29, 1.82) is 5.26 Å². The Bertz CT molecular complexity index is 979. The molecule has 5 nitrogen and oxygen atoms in total. The third-order valence-electron chi connectivity index (χ3n) is 4.46. The fraction of sp³-hybridized carbons (Fsp3) is 0.263. The lowest BCUT2D eigenvalue weighted by molar-refractivity contribution is -0.137. The highest BCUT2D eigenvalue weighted by atomic mass is 19.4. The number of carbonyl (C=O) groups excluding carboxylic acids is 1. The number of anilines is 1. The topological polar surface area (TPSA) is 77.6 Å². The van der Waals surface area contributed by atoms with E-state index < -0.39 is 40.6 Å². The monoisotopic (exact) mass is 390 g/mol. The van der Waals surface area contributed by atoms with Gasteiger partial charge in [-0.1, -0.05) is 12.1 Å². The van der Waals surface area contributed by atoms with Gasteiger partial charge in [0.1, 0.15) is 5.82 Å². The summed E-state index contributed by atoms with van der Waals surface area (Å²) >= 11 is 0. The first-order valence-electron chi connectivity index (χ1n) is 8.23. The minimum absolute atomic E-state index is 0.0991. The number of hydrogen-bond acceptors (Lipinski definition) is 4. The number of benzene rings is 2. The first-order valence-corrected chi connectivity index (χ1v) is 8.23. The van der Waals surface area contributed by atoms with Crippen LogP contribution in [0, 0.1) is 17.1 Å². The summed E-state index contributed by atoms with van der Waals surface area (Å²) in [6, 6.07) is 9.58. The van der Waals surface area contributed by atoms with Crippen molar-refractivity contribution in [2.45, 2.75) is 31.1 Å². The molecule has 0 spiro atoms. The fourth-order valence-corrected chi connectivity index (χ4v) is 2.88. The molecule has 2 unspecified atom stereocenters. The van der Waals surface area contributed by atoms with E-state index in [0.29, 0.717) is 11.6 Å². The normalized spacial score (nSPS) is 21.4. The Labute approximate surface area is 157 Å². The molecule has 28 heavy (non-hydrogen) atoms. The average molecular weight is 390 g/mol. The lowest BCUT2D eigenvalue weighted by Crippen LogP contribution is -2.37. The van der Waals surface area contributed by atoms with Crippen molar-refractivity contribution in [3.8, 4) is 6.07 Å². The summed E-state index contributed by atoms with van der Waals surface area (Å²) in [7, 11) is 0. The molecule has 1 heterocycles. The summed E-state index contributed by atoms with van der Waals surface area (Å²) in [4.78, 5) is 12.6. The van der Waals surface area contributed by atoms with Gasteiger partial charge in [-0.15, -0.1) is 0 Å². The summed E-state index contributed by atoms with van der Waals surface area (Å²) in [6.07, 6.45) is -4.54. The molecule has 2 aromatic carbocycles. The average Bonchev–Trinajstić information content (AvgIpc) is 3.05. The number of nitriles is 1. The predicted molar refractivity (Wildman–Crippen MR) is 91.8 cm³/mol. The van der Waals surface area contributed by atoms with E-state index in [1.807, 2.05) is 0 Å². The Hall–Kier alpha value is -3.28. The van der Waals surface area contributed by atoms with Crippen LogP contribution in [0.1, 0.15) is 36.1 Å². The van der Waals surface area contributed by atoms with Crippen molar-refractivity contribution in [2.24, 2.45) is 10.2 Å². The maximum Gasteiger partial charge on any atom is 0.417 e. The molecule has 9 heteroatoms. The maximum absolute atomic E-state index is 13.1. The van der Waals surface area contributed by atoms with Crippen LogP contribution in [-0.4, -0.2) is 11.4 Å². The second kappa shape index (κ2) is 7.03. The van der Waals surface area contributed by atoms with E-state index in [0.717, 1.165) is 6.07 Å². The van der Waals surface area contributed by atoms with Crippen LogP contribution in [-0.2, 0) is 11.0 Å². The third kappa shape index (κ3) is 3.86. The van der Waals surface area contributed by atoms with Gasteiger partial charge in [0.2, 0.25) is 0 Å². The second-order valence-electron chi connectivity index (χ2n) is 6.58. The van der Waals surface area contributed by atoms with Crippen LogP contribution in [0.15, 0.2) is 52.7 Å². The zero-order valence-corrected chi connectivity index (χ0v) is 14.6. The van der Waals surface area contributed by atoms with Crippen LogP contribution in [0.4, 0.5) is 23.2 Å². The van der Waals surface area contributed by atoms with E-state index in [2.05, 4.69) is 15.5 Å². The first kappa shape index (κ1) is 19.5. The van der Waals surface area contributed by atoms with Crippen molar-refractivity contribution in [1.82, 2.24) is 0 Å². The summed E-state index contributed by atoms with van der Waals surface area (Å²) in [5.41, 5.74) is -2.37. The Morgan fingerprint density at radius 1 is 1.25 bits per heavy atom. The number of nitrogens with zero attached hydrogens (tertiary/aromatic N) is 3. The van der Waals surface area contributed by atoms with Crippen LogP contribution < -0.4 is 5.32 Å². The molecule has 1 aliphatic heterocycles. The Kier molecular flexibility index (Phi) is 4.89. The summed E-state index contributed by atoms with van der Waals surface area (Å²) < 4.78 is 52.3. The first-order chi connectivity index (χ1) is 13.1. The molecule has 0 aromatic heterocycles. The highest BCUT2D eigenvalue weighted by Crippen LogP contribution is 2.38. The fourth-order valence-electron chi connectivity index (χ4n) is 2.88. The summed E-state index contributed by atoms with van der Waals surface area (Å²) in [5.74, 6) is -1.03. The number of nitrogens with one attached hydrogen (secondary N) is 1. The van der Waals surface area contributed by atoms with Crippen molar-refractivity contribution < 1.29 is 22.4 Å². The lowest BCUT2D eigenvalue weighted by Gasteiger charge is -2.20. The molecule has 0 fully saturated rings. The molecule has 1 aliphatic rings. The van der Waals surface area contributed by atoms with E-state index in [4.69, 9.17) is 5.26 Å². The van der Waals surface area contributed by atoms with E-state index in [1.165, 1.54) is 31.2 Å². The van der Waals surface area contributed by atoms with Crippen LogP contribution >= 0.6 is 0 Å². The molecular weight excluding hydrogens is 376 g/mol. The van der Waals surface area contributed by atoms with Crippen molar-refractivity contribution in [2.75, 3.05) is 5.32 Å². The third-order valence-corrected chi connectivity index (χ3v) is 4.46. The number of rotatable bonds is 3. The van der Waals surface area contributed by atoms with E-state index in [9.17, 15) is 22.4 Å². The van der Waals surface area contributed by atoms with Gasteiger partial charge >= 0.3 is 6.18 Å². The molecule has 0 saturated carbocycles. The zero-order valence-electron chi connectivity index (χ0n) is 14.6. The van der Waals surface area contributed by atoms with Gasteiger partial charge in [0.15, 0.2) is 5.54 Å². The molecule has 0 bridgehead atoms. The molecular formula is C19H14F4N4O. The number of halogens is 4. The van der Waals surface area contributed by atoms with E-state index in [1.54, 1.807) is 12.1 Å². The van der Waals surface area contributed by atoms with Gasteiger partial charge in [0.05, 0.1) is 23.2 Å². The molecule has 0 saturated heterocycles. The van der Waals surface area contributed by atoms with Gasteiger partial charge < -0.3 is 5.32 Å². The quantitative estimate of drug-likeness (QED) is 0.748. The number of hydrogen-bond donors (Lipinski definition) is 1. The van der Waals surface area contributed by atoms with Crippen LogP contribution in [0.3, 0.4) is 0 Å². The minimum Gasteiger partial charge on any atom is -0.324 e. The van der Waals surface area contributed by atoms with Gasteiger partial charge in [-0.05, 0) is 42.8 Å². The molecule has 0 aliphatic carbocycles. The Balaban J connectivity index is 1.77. The molecule has 2 aromatic rings. The van der Waals surface area contributed by atoms with Gasteiger partial charge in [0.25, 0.3) is 5.91 Å². The molecule has 2 atom stereocenters. The largest absolute Gasteiger partial charge is 0.417 e. The van der Waals surface area contributed by atoms with Crippen LogP contribution in [0.25, 0.3) is 0 Å². The minimum atomic E-state index is -4.73. The zero-order chi connectivity index (χ0) is 20.5. The van der Waals surface area contributed by atoms with Gasteiger partial charge in [-0.25, -0.2) is 4.39 Å². The SMILES string of the molecule is CC1(C(=O)Nc2ccc(C#N)c(C(F)(F)F)c2)CC(c2ccc(F)cc2)N=N1. The smallest absolute Gasteiger partial charge is 0.324 e. The van der Waals surface area contributed by atoms with E-state index in [-0.39, 0.29) is 12.1 Å². The Morgan fingerprint density at radius 3 is 2.54 bits per heavy atom. The molecule has 3 rings (SSSR count). The summed E-state index contributed by atoms with van der Waals surface area (Å²) in [5, 5.41) is 19.3. The molecule has 144 valence electrons. The number of alkyl halides is 3. The standard InChI is InChI=1S/C19H14F4N4O/c1-18(9-16(26-27-18)11-2-5-13(20)6-3-11)17(28)25-14-7-4-12(10-24)15(8-14)19(21,22)23/h2-8,16H,9H2,1H3,(H,25,28). The number of amides is 1. The highest BCUT2D eigenvalue weighted by Gasteiger charge is 2.41. The van der Waals surface area contributed by atoms with Crippen molar-refractivity contribution >= 4 is 11.6 Å². The van der Waals surface area contributed by atoms with E-state index >= 15 is 0 Å². The van der Waals surface area contributed by atoms with Crippen LogP contribution in [0.5, 0.6) is 0 Å². The highest BCUT2D eigenvalue weighted by molar-refractivity contribution is 5.98.